The number of hydrogen-bond acceptors (Lipinski definition) is 4. The van der Waals surface area contributed by atoms with E-state index in [1.165, 1.54) is 23.5 Å². The molecule has 2 fully saturated rings. The van der Waals surface area contributed by atoms with Crippen LogP contribution in [0.4, 0.5) is 0 Å². The van der Waals surface area contributed by atoms with Gasteiger partial charge >= 0.3 is 0 Å². The van der Waals surface area contributed by atoms with Gasteiger partial charge in [0.1, 0.15) is 0 Å². The van der Waals surface area contributed by atoms with Gasteiger partial charge in [0.05, 0.1) is 0 Å². The van der Waals surface area contributed by atoms with E-state index in [1.54, 1.807) is 0 Å². The maximum absolute atomic E-state index is 11.3. The lowest BCUT2D eigenvalue weighted by atomic mass is 9.96. The SMILES string of the molecule is CN=C(NCCCCN1CCC(C(N)=O)CC1)N1CCC(CSc2ccccc2)C1. The maximum atomic E-state index is 11.3. The van der Waals surface area contributed by atoms with Crippen LogP contribution in [0, 0.1) is 11.8 Å². The molecule has 1 aromatic carbocycles. The average Bonchev–Trinajstić information content (AvgIpc) is 3.24. The Morgan fingerprint density at radius 1 is 1.17 bits per heavy atom. The quantitative estimate of drug-likeness (QED) is 0.272. The van der Waals surface area contributed by atoms with Crippen molar-refractivity contribution in [3.05, 3.63) is 30.3 Å². The van der Waals surface area contributed by atoms with Gasteiger partial charge in [-0.25, -0.2) is 0 Å². The van der Waals surface area contributed by atoms with Crippen LogP contribution in [0.3, 0.4) is 0 Å². The van der Waals surface area contributed by atoms with Crippen LogP contribution in [0.2, 0.25) is 0 Å². The van der Waals surface area contributed by atoms with Crippen molar-refractivity contribution in [2.75, 3.05) is 52.1 Å². The van der Waals surface area contributed by atoms with Crippen LogP contribution in [0.5, 0.6) is 0 Å². The normalized spacial score (nSPS) is 21.2. The number of rotatable bonds is 9. The van der Waals surface area contributed by atoms with Crippen LogP contribution >= 0.6 is 11.8 Å². The van der Waals surface area contributed by atoms with Gasteiger partial charge in [-0.05, 0) is 69.8 Å². The summed E-state index contributed by atoms with van der Waals surface area (Å²) in [6, 6.07) is 10.7. The summed E-state index contributed by atoms with van der Waals surface area (Å²) in [6.07, 6.45) is 5.37. The molecule has 2 heterocycles. The number of carbonyl (C=O) groups is 1. The van der Waals surface area contributed by atoms with Crippen molar-refractivity contribution in [1.82, 2.24) is 15.1 Å². The summed E-state index contributed by atoms with van der Waals surface area (Å²) in [4.78, 5) is 22.0. The first kappa shape index (κ1) is 22.9. The second-order valence-corrected chi connectivity index (χ2v) is 9.52. The predicted octanol–water partition coefficient (Wildman–Crippen LogP) is 2.65. The van der Waals surface area contributed by atoms with Crippen LogP contribution < -0.4 is 11.1 Å². The molecule has 0 aromatic heterocycles. The second kappa shape index (κ2) is 12.2. The van der Waals surface area contributed by atoms with Crippen molar-refractivity contribution >= 4 is 23.6 Å². The number of amides is 1. The maximum Gasteiger partial charge on any atom is 0.220 e. The molecule has 1 unspecified atom stereocenters. The number of carbonyl (C=O) groups excluding carboxylic acids is 1. The van der Waals surface area contributed by atoms with E-state index in [0.29, 0.717) is 0 Å². The topological polar surface area (TPSA) is 74.0 Å². The molecule has 0 radical (unpaired) electrons. The zero-order chi connectivity index (χ0) is 21.2. The van der Waals surface area contributed by atoms with E-state index in [9.17, 15) is 4.79 Å². The van der Waals surface area contributed by atoms with E-state index in [2.05, 4.69) is 50.4 Å². The summed E-state index contributed by atoms with van der Waals surface area (Å²) in [7, 11) is 1.89. The molecule has 3 N–H and O–H groups in total. The van der Waals surface area contributed by atoms with E-state index < -0.39 is 0 Å². The fourth-order valence-electron chi connectivity index (χ4n) is 4.33. The zero-order valence-electron chi connectivity index (χ0n) is 18.3. The van der Waals surface area contributed by atoms with Crippen LogP contribution in [0.25, 0.3) is 0 Å². The smallest absolute Gasteiger partial charge is 0.220 e. The molecule has 6 nitrogen and oxygen atoms in total. The first-order valence-corrected chi connectivity index (χ1v) is 12.3. The molecule has 30 heavy (non-hydrogen) atoms. The molecule has 0 aliphatic carbocycles. The highest BCUT2D eigenvalue weighted by molar-refractivity contribution is 7.99. The minimum Gasteiger partial charge on any atom is -0.369 e. The lowest BCUT2D eigenvalue weighted by Crippen LogP contribution is -2.41. The predicted molar refractivity (Wildman–Crippen MR) is 126 cm³/mol. The van der Waals surface area contributed by atoms with Gasteiger partial charge in [0, 0.05) is 43.2 Å². The molecule has 7 heteroatoms. The molecule has 0 saturated carbocycles. The molecule has 2 aliphatic rings. The molecule has 3 rings (SSSR count). The molecule has 1 aromatic rings. The average molecular weight is 432 g/mol. The number of unbranched alkanes of at least 4 members (excludes halogenated alkanes) is 1. The van der Waals surface area contributed by atoms with E-state index in [0.717, 1.165) is 70.4 Å². The highest BCUT2D eigenvalue weighted by atomic mass is 32.2. The number of piperidine rings is 1. The molecule has 2 saturated heterocycles. The van der Waals surface area contributed by atoms with Crippen molar-refractivity contribution in [2.45, 2.75) is 37.0 Å². The molecule has 1 amide bonds. The summed E-state index contributed by atoms with van der Waals surface area (Å²) in [5.41, 5.74) is 5.42. The Morgan fingerprint density at radius 2 is 1.93 bits per heavy atom. The lowest BCUT2D eigenvalue weighted by Gasteiger charge is -2.30. The van der Waals surface area contributed by atoms with Gasteiger partial charge in [0.25, 0.3) is 0 Å². The van der Waals surface area contributed by atoms with E-state index in [4.69, 9.17) is 5.73 Å². The number of aliphatic imine (C=N–C) groups is 1. The number of benzene rings is 1. The molecule has 166 valence electrons. The summed E-state index contributed by atoms with van der Waals surface area (Å²) in [6.45, 7) is 6.25. The Labute approximate surface area is 185 Å². The number of nitrogens with two attached hydrogens (primary N) is 1. The van der Waals surface area contributed by atoms with Gasteiger partial charge in [0.15, 0.2) is 5.96 Å². The lowest BCUT2D eigenvalue weighted by molar-refractivity contribution is -0.123. The van der Waals surface area contributed by atoms with E-state index in [1.807, 2.05) is 18.8 Å². The van der Waals surface area contributed by atoms with Gasteiger partial charge in [-0.2, -0.15) is 0 Å². The monoisotopic (exact) mass is 431 g/mol. The van der Waals surface area contributed by atoms with Crippen molar-refractivity contribution in [1.29, 1.82) is 0 Å². The number of hydrogen-bond donors (Lipinski definition) is 2. The first-order valence-electron chi connectivity index (χ1n) is 11.3. The van der Waals surface area contributed by atoms with Crippen LogP contribution in [-0.4, -0.2) is 73.7 Å². The highest BCUT2D eigenvalue weighted by Crippen LogP contribution is 2.25. The third kappa shape index (κ3) is 7.20. The summed E-state index contributed by atoms with van der Waals surface area (Å²) in [5, 5.41) is 3.55. The summed E-state index contributed by atoms with van der Waals surface area (Å²) < 4.78 is 0. The first-order chi connectivity index (χ1) is 14.7. The number of primary amides is 1. The number of thioether (sulfide) groups is 1. The van der Waals surface area contributed by atoms with E-state index >= 15 is 0 Å². The van der Waals surface area contributed by atoms with Crippen molar-refractivity contribution < 1.29 is 4.79 Å². The fourth-order valence-corrected chi connectivity index (χ4v) is 5.38. The standard InChI is InChI=1S/C23H37N5OS/c1-25-23(26-12-5-6-13-27-14-10-20(11-15-27)22(24)29)28-16-9-19(17-28)18-30-21-7-3-2-4-8-21/h2-4,7-8,19-20H,5-6,9-18H2,1H3,(H2,24,29)(H,25,26). The third-order valence-electron chi connectivity index (χ3n) is 6.20. The van der Waals surface area contributed by atoms with Crippen LogP contribution in [-0.2, 0) is 4.79 Å². The van der Waals surface area contributed by atoms with Gasteiger partial charge in [-0.15, -0.1) is 11.8 Å². The zero-order valence-corrected chi connectivity index (χ0v) is 19.1. The van der Waals surface area contributed by atoms with Crippen LogP contribution in [0.1, 0.15) is 32.1 Å². The van der Waals surface area contributed by atoms with Crippen LogP contribution in [0.15, 0.2) is 40.2 Å². The van der Waals surface area contributed by atoms with Gasteiger partial charge in [0.2, 0.25) is 5.91 Å². The Hall–Kier alpha value is -1.73. The third-order valence-corrected chi connectivity index (χ3v) is 7.44. The minimum atomic E-state index is -0.131. The van der Waals surface area contributed by atoms with Crippen molar-refractivity contribution in [3.63, 3.8) is 0 Å². The summed E-state index contributed by atoms with van der Waals surface area (Å²) >= 11 is 1.96. The Bertz CT molecular complexity index is 675. The molecule has 0 bridgehead atoms. The molecule has 1 atom stereocenters. The molecule has 2 aliphatic heterocycles. The summed E-state index contributed by atoms with van der Waals surface area (Å²) in [5.74, 6) is 2.89. The minimum absolute atomic E-state index is 0.0848. The van der Waals surface area contributed by atoms with Crippen molar-refractivity contribution in [2.24, 2.45) is 22.6 Å². The number of guanidine groups is 1. The fraction of sp³-hybridized carbons (Fsp3) is 0.652. The van der Waals surface area contributed by atoms with Gasteiger partial charge in [-0.3, -0.25) is 9.79 Å². The Morgan fingerprint density at radius 3 is 2.63 bits per heavy atom. The molecular weight excluding hydrogens is 394 g/mol. The Kier molecular flexibility index (Phi) is 9.33. The number of nitrogens with zero attached hydrogens (tertiary/aromatic N) is 3. The molecular formula is C23H37N5OS. The van der Waals surface area contributed by atoms with Gasteiger partial charge < -0.3 is 20.9 Å². The number of likely N-dealkylation sites (tertiary alicyclic amines) is 2. The Balaban J connectivity index is 1.27. The van der Waals surface area contributed by atoms with Crippen molar-refractivity contribution in [3.8, 4) is 0 Å². The largest absolute Gasteiger partial charge is 0.369 e. The second-order valence-electron chi connectivity index (χ2n) is 8.42. The highest BCUT2D eigenvalue weighted by Gasteiger charge is 2.25. The number of nitrogens with one attached hydrogen (secondary N) is 1. The van der Waals surface area contributed by atoms with E-state index in [-0.39, 0.29) is 11.8 Å². The van der Waals surface area contributed by atoms with Gasteiger partial charge in [-0.1, -0.05) is 18.2 Å². The molecule has 0 spiro atoms.